The van der Waals surface area contributed by atoms with E-state index in [1.54, 1.807) is 6.92 Å². The number of esters is 1. The van der Waals surface area contributed by atoms with Gasteiger partial charge in [-0.25, -0.2) is 9.78 Å². The number of aromatic nitrogens is 1. The summed E-state index contributed by atoms with van der Waals surface area (Å²) in [6, 6.07) is 1.16. The summed E-state index contributed by atoms with van der Waals surface area (Å²) in [7, 11) is 0. The summed E-state index contributed by atoms with van der Waals surface area (Å²) in [5, 5.41) is 20.1. The molecule has 0 bridgehead atoms. The molecule has 0 atom stereocenters. The van der Waals surface area contributed by atoms with E-state index in [-0.39, 0.29) is 23.0 Å². The van der Waals surface area contributed by atoms with E-state index in [0.717, 1.165) is 18.3 Å². The molecule has 1 aromatic heterocycles. The molecule has 0 unspecified atom stereocenters. The summed E-state index contributed by atoms with van der Waals surface area (Å²) >= 11 is 5.58. The van der Waals surface area contributed by atoms with Gasteiger partial charge in [0.25, 0.3) is 5.69 Å². The molecule has 0 aromatic carbocycles. The van der Waals surface area contributed by atoms with Crippen LogP contribution in [0.5, 0.6) is 0 Å². The third-order valence-electron chi connectivity index (χ3n) is 1.85. The lowest BCUT2D eigenvalue weighted by Gasteiger charge is -2.01. The molecule has 0 spiro atoms. The average molecular weight is 273 g/mol. The van der Waals surface area contributed by atoms with Gasteiger partial charge in [0.2, 0.25) is 5.76 Å². The average Bonchev–Trinajstić information content (AvgIpc) is 2.28. The minimum absolute atomic E-state index is 0.00325. The lowest BCUT2D eigenvalue weighted by atomic mass is 10.2. The molecule has 8 heteroatoms. The summed E-state index contributed by atoms with van der Waals surface area (Å²) in [6.45, 7) is 1.65. The Morgan fingerprint density at radius 1 is 1.72 bits per heavy atom. The molecule has 0 saturated heterocycles. The van der Waals surface area contributed by atoms with Crippen LogP contribution in [0.25, 0.3) is 6.08 Å². The van der Waals surface area contributed by atoms with Crippen molar-refractivity contribution in [3.63, 3.8) is 0 Å². The largest absolute Gasteiger partial charge is 0.502 e. The second-order valence-electron chi connectivity index (χ2n) is 3.07. The van der Waals surface area contributed by atoms with Gasteiger partial charge in [-0.2, -0.15) is 0 Å². The monoisotopic (exact) mass is 272 g/mol. The van der Waals surface area contributed by atoms with Crippen LogP contribution in [0.1, 0.15) is 12.5 Å². The summed E-state index contributed by atoms with van der Waals surface area (Å²) in [6.07, 6.45) is 1.84. The van der Waals surface area contributed by atoms with Gasteiger partial charge >= 0.3 is 5.97 Å². The van der Waals surface area contributed by atoms with E-state index in [9.17, 15) is 20.0 Å². The van der Waals surface area contributed by atoms with Gasteiger partial charge in [0.05, 0.1) is 17.1 Å². The number of hydrogen-bond donors (Lipinski definition) is 1. The van der Waals surface area contributed by atoms with Crippen LogP contribution < -0.4 is 0 Å². The Morgan fingerprint density at radius 3 is 2.94 bits per heavy atom. The predicted molar refractivity (Wildman–Crippen MR) is 63.1 cm³/mol. The fourth-order valence-electron chi connectivity index (χ4n) is 1.12. The molecule has 96 valence electrons. The molecule has 1 aromatic rings. The van der Waals surface area contributed by atoms with Crippen LogP contribution in [0, 0.1) is 10.1 Å². The fourth-order valence-corrected chi connectivity index (χ4v) is 1.28. The van der Waals surface area contributed by atoms with Crippen LogP contribution in [0.3, 0.4) is 0 Å². The molecule has 0 aliphatic carbocycles. The predicted octanol–water partition coefficient (Wildman–Crippen LogP) is 2.11. The van der Waals surface area contributed by atoms with Crippen molar-refractivity contribution < 1.29 is 19.6 Å². The number of aliphatic hydroxyl groups excluding tert-OH is 1. The molecule has 18 heavy (non-hydrogen) atoms. The zero-order chi connectivity index (χ0) is 13.7. The standard InChI is InChI=1S/C10H9ClN2O5/c1-2-18-10(15)8(14)3-6-4-9(11)12-5-7(6)13(16)17/h3-5,14H,2H2,1H3/b8-3+. The molecular weight excluding hydrogens is 264 g/mol. The lowest BCUT2D eigenvalue weighted by Crippen LogP contribution is -2.07. The first-order valence-electron chi connectivity index (χ1n) is 4.83. The molecule has 1 N–H and O–H groups in total. The van der Waals surface area contributed by atoms with Crippen LogP contribution in [0.4, 0.5) is 5.69 Å². The third kappa shape index (κ3) is 3.42. The van der Waals surface area contributed by atoms with E-state index in [2.05, 4.69) is 9.72 Å². The molecule has 0 radical (unpaired) electrons. The summed E-state index contributed by atoms with van der Waals surface area (Å²) in [5.41, 5.74) is -0.416. The molecule has 7 nitrogen and oxygen atoms in total. The SMILES string of the molecule is CCOC(=O)/C(O)=C\c1cc(Cl)ncc1[N+](=O)[O-]. The molecule has 1 rings (SSSR count). The minimum atomic E-state index is -0.972. The Kier molecular flexibility index (Phi) is 4.61. The van der Waals surface area contributed by atoms with Gasteiger partial charge in [-0.3, -0.25) is 10.1 Å². The number of carbonyl (C=O) groups is 1. The van der Waals surface area contributed by atoms with Crippen molar-refractivity contribution in [2.24, 2.45) is 0 Å². The third-order valence-corrected chi connectivity index (χ3v) is 2.06. The zero-order valence-corrected chi connectivity index (χ0v) is 10.0. The number of carbonyl (C=O) groups excluding carboxylic acids is 1. The number of nitro groups is 1. The number of aliphatic hydroxyl groups is 1. The number of hydrogen-bond acceptors (Lipinski definition) is 6. The highest BCUT2D eigenvalue weighted by Crippen LogP contribution is 2.22. The van der Waals surface area contributed by atoms with Crippen molar-refractivity contribution in [2.75, 3.05) is 6.61 Å². The van der Waals surface area contributed by atoms with E-state index < -0.39 is 16.7 Å². The summed E-state index contributed by atoms with van der Waals surface area (Å²) in [4.78, 5) is 24.7. The normalized spacial score (nSPS) is 11.1. The molecule has 0 aliphatic rings. The first kappa shape index (κ1) is 13.9. The van der Waals surface area contributed by atoms with Gasteiger partial charge < -0.3 is 9.84 Å². The molecule has 0 aliphatic heterocycles. The molecule has 0 saturated carbocycles. The van der Waals surface area contributed by atoms with Crippen LogP contribution >= 0.6 is 11.6 Å². The van der Waals surface area contributed by atoms with Gasteiger partial charge in [0.1, 0.15) is 11.3 Å². The Balaban J connectivity index is 3.16. The van der Waals surface area contributed by atoms with E-state index in [1.807, 2.05) is 0 Å². The van der Waals surface area contributed by atoms with Gasteiger partial charge in [-0.1, -0.05) is 11.6 Å². The molecule has 0 amide bonds. The maximum Gasteiger partial charge on any atom is 0.373 e. The summed E-state index contributed by atoms with van der Waals surface area (Å²) in [5.74, 6) is -1.72. The van der Waals surface area contributed by atoms with Crippen molar-refractivity contribution >= 4 is 29.3 Å². The van der Waals surface area contributed by atoms with E-state index in [1.165, 1.54) is 0 Å². The Hall–Kier alpha value is -2.15. The number of ether oxygens (including phenoxy) is 1. The highest BCUT2D eigenvalue weighted by molar-refractivity contribution is 6.29. The van der Waals surface area contributed by atoms with Crippen LogP contribution in [0.15, 0.2) is 18.0 Å². The van der Waals surface area contributed by atoms with Gasteiger partial charge in [-0.15, -0.1) is 0 Å². The van der Waals surface area contributed by atoms with Crippen molar-refractivity contribution in [3.05, 3.63) is 38.9 Å². The lowest BCUT2D eigenvalue weighted by molar-refractivity contribution is -0.385. The van der Waals surface area contributed by atoms with Gasteiger partial charge in [0.15, 0.2) is 0 Å². The van der Waals surface area contributed by atoms with Crippen molar-refractivity contribution in [1.82, 2.24) is 4.98 Å². The number of rotatable bonds is 4. The minimum Gasteiger partial charge on any atom is -0.502 e. The van der Waals surface area contributed by atoms with Gasteiger partial charge in [-0.05, 0) is 13.0 Å². The van der Waals surface area contributed by atoms with E-state index >= 15 is 0 Å². The number of nitrogens with zero attached hydrogens (tertiary/aromatic N) is 2. The first-order chi connectivity index (χ1) is 8.45. The second-order valence-corrected chi connectivity index (χ2v) is 3.46. The van der Waals surface area contributed by atoms with Crippen molar-refractivity contribution in [2.45, 2.75) is 6.92 Å². The van der Waals surface area contributed by atoms with Crippen LogP contribution in [-0.4, -0.2) is 27.6 Å². The Labute approximate surface area is 107 Å². The molecule has 1 heterocycles. The van der Waals surface area contributed by atoms with Crippen molar-refractivity contribution in [3.8, 4) is 0 Å². The van der Waals surface area contributed by atoms with Crippen molar-refractivity contribution in [1.29, 1.82) is 0 Å². The highest BCUT2D eigenvalue weighted by atomic mass is 35.5. The van der Waals surface area contributed by atoms with Crippen LogP contribution in [-0.2, 0) is 9.53 Å². The fraction of sp³-hybridized carbons (Fsp3) is 0.200. The number of pyridine rings is 1. The maximum atomic E-state index is 11.2. The second kappa shape index (κ2) is 5.97. The molecular formula is C10H9ClN2O5. The smallest absolute Gasteiger partial charge is 0.373 e. The topological polar surface area (TPSA) is 103 Å². The quantitative estimate of drug-likeness (QED) is 0.225. The number of halogens is 1. The first-order valence-corrected chi connectivity index (χ1v) is 5.21. The van der Waals surface area contributed by atoms with Crippen LogP contribution in [0.2, 0.25) is 5.15 Å². The van der Waals surface area contributed by atoms with Gasteiger partial charge in [0, 0.05) is 6.08 Å². The highest BCUT2D eigenvalue weighted by Gasteiger charge is 2.16. The maximum absolute atomic E-state index is 11.2. The summed E-state index contributed by atoms with van der Waals surface area (Å²) < 4.78 is 4.53. The van der Waals surface area contributed by atoms with E-state index in [0.29, 0.717) is 0 Å². The zero-order valence-electron chi connectivity index (χ0n) is 9.29. The van der Waals surface area contributed by atoms with E-state index in [4.69, 9.17) is 11.6 Å². The molecule has 0 fully saturated rings. The Morgan fingerprint density at radius 2 is 2.39 bits per heavy atom. The Bertz CT molecular complexity index is 515.